The number of carbonyl (C=O) groups is 3. The molecule has 1 saturated heterocycles. The third-order valence-electron chi connectivity index (χ3n) is 2.71. The van der Waals surface area contributed by atoms with Crippen molar-refractivity contribution in [1.29, 1.82) is 0 Å². The topological polar surface area (TPSA) is 86.7 Å². The predicted octanol–water partition coefficient (Wildman–Crippen LogP) is 1.09. The van der Waals surface area contributed by atoms with Gasteiger partial charge in [-0.15, -0.1) is 0 Å². The highest BCUT2D eigenvalue weighted by Gasteiger charge is 2.33. The highest BCUT2D eigenvalue weighted by Crippen LogP contribution is 2.32. The smallest absolute Gasteiger partial charge is 0.322 e. The second-order valence-corrected chi connectivity index (χ2v) is 6.02. The van der Waals surface area contributed by atoms with Crippen LogP contribution in [0.3, 0.4) is 0 Å². The number of thiocarbonyl (C=S) groups is 1. The van der Waals surface area contributed by atoms with E-state index >= 15 is 0 Å². The molecular formula is C14H12N2O4S2. The Morgan fingerprint density at radius 2 is 2.00 bits per heavy atom. The van der Waals surface area contributed by atoms with Gasteiger partial charge in [0.05, 0.1) is 4.91 Å². The van der Waals surface area contributed by atoms with E-state index in [0.717, 1.165) is 22.2 Å². The van der Waals surface area contributed by atoms with E-state index in [9.17, 15) is 14.4 Å². The van der Waals surface area contributed by atoms with Crippen molar-refractivity contribution in [2.24, 2.45) is 0 Å². The summed E-state index contributed by atoms with van der Waals surface area (Å²) in [5.41, 5.74) is 0.860. The van der Waals surface area contributed by atoms with Crippen molar-refractivity contribution in [2.75, 3.05) is 13.1 Å². The molecule has 1 aliphatic heterocycles. The van der Waals surface area contributed by atoms with Gasteiger partial charge in [0.1, 0.15) is 17.4 Å². The van der Waals surface area contributed by atoms with Crippen LogP contribution in [0, 0.1) is 0 Å². The molecule has 0 spiro atoms. The molecule has 0 aromatic heterocycles. The van der Waals surface area contributed by atoms with Crippen LogP contribution in [0.5, 0.6) is 0 Å². The first-order valence-electron chi connectivity index (χ1n) is 6.26. The number of benzene rings is 1. The zero-order valence-electron chi connectivity index (χ0n) is 11.3. The molecule has 2 rings (SSSR count). The molecule has 0 saturated carbocycles. The van der Waals surface area contributed by atoms with Gasteiger partial charge in [-0.1, -0.05) is 54.3 Å². The maximum atomic E-state index is 12.2. The van der Waals surface area contributed by atoms with Crippen LogP contribution >= 0.6 is 24.0 Å². The number of amides is 2. The molecule has 22 heavy (non-hydrogen) atoms. The van der Waals surface area contributed by atoms with Gasteiger partial charge in [-0.2, -0.15) is 0 Å². The minimum atomic E-state index is -1.15. The fourth-order valence-corrected chi connectivity index (χ4v) is 2.97. The number of nitrogens with one attached hydrogen (secondary N) is 1. The van der Waals surface area contributed by atoms with E-state index in [0.29, 0.717) is 4.91 Å². The molecule has 1 fully saturated rings. The molecule has 1 aromatic carbocycles. The predicted molar refractivity (Wildman–Crippen MR) is 87.0 cm³/mol. The lowest BCUT2D eigenvalue weighted by Gasteiger charge is -2.13. The Hall–Kier alpha value is -2.19. The van der Waals surface area contributed by atoms with Crippen LogP contribution < -0.4 is 5.32 Å². The minimum absolute atomic E-state index is 0.276. The summed E-state index contributed by atoms with van der Waals surface area (Å²) < 4.78 is 0.276. The summed E-state index contributed by atoms with van der Waals surface area (Å²) in [6.07, 6.45) is 1.70. The van der Waals surface area contributed by atoms with Crippen LogP contribution in [0.1, 0.15) is 5.56 Å². The van der Waals surface area contributed by atoms with Crippen molar-refractivity contribution in [3.05, 3.63) is 40.8 Å². The first-order chi connectivity index (χ1) is 10.5. The number of thioether (sulfide) groups is 1. The average molecular weight is 336 g/mol. The van der Waals surface area contributed by atoms with Crippen LogP contribution in [-0.2, 0) is 14.4 Å². The van der Waals surface area contributed by atoms with Crippen LogP contribution in [0.15, 0.2) is 35.2 Å². The summed E-state index contributed by atoms with van der Waals surface area (Å²) in [5.74, 6) is -2.08. The second-order valence-electron chi connectivity index (χ2n) is 4.35. The first-order valence-corrected chi connectivity index (χ1v) is 7.49. The maximum Gasteiger partial charge on any atom is 0.322 e. The van der Waals surface area contributed by atoms with Crippen molar-refractivity contribution in [3.8, 4) is 0 Å². The Morgan fingerprint density at radius 1 is 1.32 bits per heavy atom. The van der Waals surface area contributed by atoms with E-state index in [4.69, 9.17) is 17.3 Å². The van der Waals surface area contributed by atoms with Crippen LogP contribution in [-0.4, -0.2) is 45.2 Å². The molecule has 8 heteroatoms. The molecule has 0 atom stereocenters. The van der Waals surface area contributed by atoms with E-state index in [1.165, 1.54) is 0 Å². The first kappa shape index (κ1) is 16.2. The van der Waals surface area contributed by atoms with E-state index in [2.05, 4.69) is 5.32 Å². The third kappa shape index (κ3) is 4.15. The fourth-order valence-electron chi connectivity index (χ4n) is 1.71. The van der Waals surface area contributed by atoms with Gasteiger partial charge in [0.15, 0.2) is 0 Å². The Balaban J connectivity index is 2.04. The number of nitrogens with zero attached hydrogens (tertiary/aromatic N) is 1. The van der Waals surface area contributed by atoms with E-state index in [-0.39, 0.29) is 16.8 Å². The lowest BCUT2D eigenvalue weighted by Crippen LogP contribution is -2.41. The van der Waals surface area contributed by atoms with Gasteiger partial charge in [0.25, 0.3) is 5.91 Å². The Labute approximate surface area is 136 Å². The lowest BCUT2D eigenvalue weighted by atomic mass is 10.2. The highest BCUT2D eigenvalue weighted by molar-refractivity contribution is 8.26. The van der Waals surface area contributed by atoms with Gasteiger partial charge in [-0.25, -0.2) is 0 Å². The Bertz CT molecular complexity index is 658. The molecule has 0 unspecified atom stereocenters. The van der Waals surface area contributed by atoms with Crippen molar-refractivity contribution < 1.29 is 19.5 Å². The molecule has 1 heterocycles. The molecule has 0 bridgehead atoms. The van der Waals surface area contributed by atoms with Gasteiger partial charge in [0.2, 0.25) is 5.91 Å². The number of rotatable bonds is 5. The molecular weight excluding hydrogens is 324 g/mol. The average Bonchev–Trinajstić information content (AvgIpc) is 2.74. The molecule has 6 nitrogen and oxygen atoms in total. The quantitative estimate of drug-likeness (QED) is 0.618. The van der Waals surface area contributed by atoms with Crippen LogP contribution in [0.2, 0.25) is 0 Å². The molecule has 1 aromatic rings. The summed E-state index contributed by atoms with van der Waals surface area (Å²) >= 11 is 6.21. The normalized spacial score (nSPS) is 16.2. The van der Waals surface area contributed by atoms with Crippen molar-refractivity contribution in [3.63, 3.8) is 0 Å². The minimum Gasteiger partial charge on any atom is -0.480 e. The SMILES string of the molecule is O=C(O)CNC(=O)CN1C(=O)/C(=C/c2ccccc2)SC1=S. The second kappa shape index (κ2) is 7.19. The maximum absolute atomic E-state index is 12.2. The van der Waals surface area contributed by atoms with Crippen molar-refractivity contribution in [2.45, 2.75) is 0 Å². The molecule has 0 radical (unpaired) electrons. The van der Waals surface area contributed by atoms with E-state index < -0.39 is 18.4 Å². The molecule has 0 aliphatic carbocycles. The molecule has 114 valence electrons. The van der Waals surface area contributed by atoms with Gasteiger partial charge in [-0.3, -0.25) is 19.3 Å². The standard InChI is InChI=1S/C14H12N2O4S2/c17-11(15-7-12(18)19)8-16-13(20)10(22-14(16)21)6-9-4-2-1-3-5-9/h1-6H,7-8H2,(H,15,17)(H,18,19)/b10-6-. The number of carboxylic acids is 1. The molecule has 1 aliphatic rings. The van der Waals surface area contributed by atoms with E-state index in [1.54, 1.807) is 6.08 Å². The Kier molecular flexibility index (Phi) is 5.29. The van der Waals surface area contributed by atoms with Crippen LogP contribution in [0.4, 0.5) is 0 Å². The van der Waals surface area contributed by atoms with E-state index in [1.807, 2.05) is 30.3 Å². The number of hydrogen-bond acceptors (Lipinski definition) is 5. The lowest BCUT2D eigenvalue weighted by molar-refractivity contribution is -0.138. The summed E-state index contributed by atoms with van der Waals surface area (Å²) in [4.78, 5) is 35.8. The fraction of sp³-hybridized carbons (Fsp3) is 0.143. The third-order valence-corrected chi connectivity index (χ3v) is 4.09. The van der Waals surface area contributed by atoms with Gasteiger partial charge in [-0.05, 0) is 11.6 Å². The van der Waals surface area contributed by atoms with Gasteiger partial charge < -0.3 is 10.4 Å². The monoisotopic (exact) mass is 336 g/mol. The summed E-state index contributed by atoms with van der Waals surface area (Å²) in [6, 6.07) is 9.28. The van der Waals surface area contributed by atoms with Gasteiger partial charge >= 0.3 is 5.97 Å². The molecule has 2 amide bonds. The van der Waals surface area contributed by atoms with Crippen molar-refractivity contribution >= 4 is 52.2 Å². The summed E-state index contributed by atoms with van der Waals surface area (Å²) in [5, 5.41) is 10.7. The Morgan fingerprint density at radius 3 is 2.64 bits per heavy atom. The molecule has 2 N–H and O–H groups in total. The number of aliphatic carboxylic acids is 1. The number of hydrogen-bond donors (Lipinski definition) is 2. The largest absolute Gasteiger partial charge is 0.480 e. The highest BCUT2D eigenvalue weighted by atomic mass is 32.2. The number of carboxylic acid groups (broad SMARTS) is 1. The van der Waals surface area contributed by atoms with Gasteiger partial charge in [0, 0.05) is 0 Å². The summed E-state index contributed by atoms with van der Waals surface area (Å²) in [6.45, 7) is -0.780. The van der Waals surface area contributed by atoms with Crippen LogP contribution in [0.25, 0.3) is 6.08 Å². The zero-order chi connectivity index (χ0) is 16.1. The van der Waals surface area contributed by atoms with Crippen molar-refractivity contribution in [1.82, 2.24) is 10.2 Å². The number of carbonyl (C=O) groups excluding carboxylic acids is 2. The summed E-state index contributed by atoms with van der Waals surface area (Å²) in [7, 11) is 0. The zero-order valence-corrected chi connectivity index (χ0v) is 12.9.